The van der Waals surface area contributed by atoms with Gasteiger partial charge >= 0.3 is 0 Å². The van der Waals surface area contributed by atoms with E-state index >= 15 is 0 Å². The van der Waals surface area contributed by atoms with Crippen LogP contribution in [0, 0.1) is 11.3 Å². The maximum absolute atomic E-state index is 11.9. The molecule has 0 radical (unpaired) electrons. The molecule has 0 saturated heterocycles. The van der Waals surface area contributed by atoms with Gasteiger partial charge in [0.1, 0.15) is 11.7 Å². The van der Waals surface area contributed by atoms with Crippen LogP contribution in [-0.4, -0.2) is 15.9 Å². The van der Waals surface area contributed by atoms with Crippen molar-refractivity contribution in [2.75, 3.05) is 0 Å². The number of aromatic amines is 1. The molecule has 1 atom stereocenters. The lowest BCUT2D eigenvalue weighted by atomic mass is 10.00. The summed E-state index contributed by atoms with van der Waals surface area (Å²) in [4.78, 5) is 18.8. The van der Waals surface area contributed by atoms with Gasteiger partial charge in [-0.3, -0.25) is 4.79 Å². The minimum Gasteiger partial charge on any atom is -0.347 e. The number of amides is 1. The van der Waals surface area contributed by atoms with Crippen LogP contribution in [0.5, 0.6) is 0 Å². The smallest absolute Gasteiger partial charge is 0.242 e. The van der Waals surface area contributed by atoms with Crippen LogP contribution < -0.4 is 5.32 Å². The zero-order valence-corrected chi connectivity index (χ0v) is 9.63. The molecule has 2 rings (SSSR count). The Balaban J connectivity index is 2.01. The summed E-state index contributed by atoms with van der Waals surface area (Å²) in [5.74, 6) is -0.450. The van der Waals surface area contributed by atoms with Crippen molar-refractivity contribution in [3.05, 3.63) is 54.1 Å². The van der Waals surface area contributed by atoms with Gasteiger partial charge in [0.25, 0.3) is 0 Å². The van der Waals surface area contributed by atoms with Crippen LogP contribution in [0.4, 0.5) is 0 Å². The molecule has 0 aliphatic heterocycles. The van der Waals surface area contributed by atoms with Crippen molar-refractivity contribution in [3.8, 4) is 6.07 Å². The van der Waals surface area contributed by atoms with Crippen molar-refractivity contribution in [1.29, 1.82) is 5.26 Å². The van der Waals surface area contributed by atoms with E-state index in [0.717, 1.165) is 0 Å². The maximum Gasteiger partial charge on any atom is 0.242 e. The molecule has 0 bridgehead atoms. The van der Waals surface area contributed by atoms with Gasteiger partial charge in [-0.2, -0.15) is 5.26 Å². The van der Waals surface area contributed by atoms with Gasteiger partial charge in [0, 0.05) is 12.4 Å². The molecule has 1 aromatic carbocycles. The van der Waals surface area contributed by atoms with Gasteiger partial charge in [0.15, 0.2) is 0 Å². The van der Waals surface area contributed by atoms with Gasteiger partial charge in [0.05, 0.1) is 12.6 Å². The second-order valence-electron chi connectivity index (χ2n) is 3.73. The molecule has 1 heterocycles. The number of aromatic nitrogens is 2. The summed E-state index contributed by atoms with van der Waals surface area (Å²) in [6, 6.07) is 11.0. The van der Waals surface area contributed by atoms with Crippen molar-refractivity contribution >= 4 is 5.91 Å². The highest BCUT2D eigenvalue weighted by Gasteiger charge is 2.19. The standard InChI is InChI=1S/C13H12N4O/c14-8-11(10-4-2-1-3-5-10)13(18)17-9-12-15-6-7-16-12/h1-7,11H,9H2,(H,15,16)(H,17,18). The Morgan fingerprint density at radius 3 is 2.83 bits per heavy atom. The van der Waals surface area contributed by atoms with Crippen molar-refractivity contribution in [2.24, 2.45) is 0 Å². The average molecular weight is 240 g/mol. The monoisotopic (exact) mass is 240 g/mol. The number of benzene rings is 1. The van der Waals surface area contributed by atoms with Crippen LogP contribution >= 0.6 is 0 Å². The molecule has 5 nitrogen and oxygen atoms in total. The first kappa shape index (κ1) is 11.9. The summed E-state index contributed by atoms with van der Waals surface area (Å²) >= 11 is 0. The third kappa shape index (κ3) is 2.74. The first-order valence-electron chi connectivity index (χ1n) is 5.52. The minimum absolute atomic E-state index is 0.289. The summed E-state index contributed by atoms with van der Waals surface area (Å²) < 4.78 is 0. The Labute approximate surface area is 104 Å². The first-order valence-corrected chi connectivity index (χ1v) is 5.52. The molecule has 1 aromatic heterocycles. The SMILES string of the molecule is N#CC(C(=O)NCc1ncc[nH]1)c1ccccc1. The summed E-state index contributed by atoms with van der Waals surface area (Å²) in [5.41, 5.74) is 0.692. The van der Waals surface area contributed by atoms with Crippen molar-refractivity contribution in [2.45, 2.75) is 12.5 Å². The quantitative estimate of drug-likeness (QED) is 0.845. The molecule has 0 aliphatic carbocycles. The first-order chi connectivity index (χ1) is 8.81. The summed E-state index contributed by atoms with van der Waals surface area (Å²) in [6.07, 6.45) is 3.29. The van der Waals surface area contributed by atoms with Crippen molar-refractivity contribution in [3.63, 3.8) is 0 Å². The fourth-order valence-corrected chi connectivity index (χ4v) is 1.60. The molecule has 1 amide bonds. The second-order valence-corrected chi connectivity index (χ2v) is 3.73. The van der Waals surface area contributed by atoms with Gasteiger partial charge in [-0.25, -0.2) is 4.98 Å². The Morgan fingerprint density at radius 2 is 2.22 bits per heavy atom. The summed E-state index contributed by atoms with van der Waals surface area (Å²) in [6.45, 7) is 0.289. The fraction of sp³-hybridized carbons (Fsp3) is 0.154. The van der Waals surface area contributed by atoms with Gasteiger partial charge in [-0.05, 0) is 5.56 Å². The third-order valence-electron chi connectivity index (χ3n) is 2.51. The summed E-state index contributed by atoms with van der Waals surface area (Å²) in [7, 11) is 0. The predicted molar refractivity (Wildman–Crippen MR) is 65.2 cm³/mol. The van der Waals surface area contributed by atoms with Crippen molar-refractivity contribution < 1.29 is 4.79 Å². The van der Waals surface area contributed by atoms with Gasteiger partial charge in [0.2, 0.25) is 5.91 Å². The molecule has 0 aliphatic rings. The second kappa shape index (κ2) is 5.64. The van der Waals surface area contributed by atoms with E-state index in [2.05, 4.69) is 15.3 Å². The number of H-pyrrole nitrogens is 1. The minimum atomic E-state index is -0.791. The van der Waals surface area contributed by atoms with Gasteiger partial charge in [-0.15, -0.1) is 0 Å². The Morgan fingerprint density at radius 1 is 1.44 bits per heavy atom. The van der Waals surface area contributed by atoms with E-state index in [-0.39, 0.29) is 12.5 Å². The average Bonchev–Trinajstić information content (AvgIpc) is 2.92. The molecule has 0 spiro atoms. The topological polar surface area (TPSA) is 81.6 Å². The number of nitrogens with one attached hydrogen (secondary N) is 2. The number of hydrogen-bond donors (Lipinski definition) is 2. The van der Waals surface area contributed by atoms with E-state index in [1.54, 1.807) is 36.7 Å². The highest BCUT2D eigenvalue weighted by molar-refractivity contribution is 5.86. The lowest BCUT2D eigenvalue weighted by molar-refractivity contribution is -0.121. The zero-order chi connectivity index (χ0) is 12.8. The molecule has 2 aromatic rings. The Bertz CT molecular complexity index is 542. The Kier molecular flexibility index (Phi) is 3.72. The van der Waals surface area contributed by atoms with Gasteiger partial charge in [-0.1, -0.05) is 30.3 Å². The number of imidazole rings is 1. The van der Waals surface area contributed by atoms with Crippen LogP contribution in [0.25, 0.3) is 0 Å². The number of nitrogens with zero attached hydrogens (tertiary/aromatic N) is 2. The molecule has 18 heavy (non-hydrogen) atoms. The van der Waals surface area contributed by atoms with Crippen molar-refractivity contribution in [1.82, 2.24) is 15.3 Å². The number of rotatable bonds is 4. The zero-order valence-electron chi connectivity index (χ0n) is 9.63. The van der Waals surface area contributed by atoms with E-state index in [1.807, 2.05) is 12.1 Å². The van der Waals surface area contributed by atoms with Crippen LogP contribution in [0.2, 0.25) is 0 Å². The number of carbonyl (C=O) groups excluding carboxylic acids is 1. The largest absolute Gasteiger partial charge is 0.347 e. The third-order valence-corrected chi connectivity index (χ3v) is 2.51. The van der Waals surface area contributed by atoms with Gasteiger partial charge < -0.3 is 10.3 Å². The van der Waals surface area contributed by atoms with Crippen LogP contribution in [0.1, 0.15) is 17.3 Å². The van der Waals surface area contributed by atoms with E-state index in [0.29, 0.717) is 11.4 Å². The molecule has 90 valence electrons. The molecule has 5 heteroatoms. The lowest BCUT2D eigenvalue weighted by Crippen LogP contribution is -2.28. The van der Waals surface area contributed by atoms with Crippen LogP contribution in [0.3, 0.4) is 0 Å². The number of carbonyl (C=O) groups is 1. The summed E-state index contributed by atoms with van der Waals surface area (Å²) in [5, 5.41) is 11.8. The fourth-order valence-electron chi connectivity index (χ4n) is 1.60. The molecule has 1 unspecified atom stereocenters. The molecular formula is C13H12N4O. The molecular weight excluding hydrogens is 228 g/mol. The van der Waals surface area contributed by atoms with E-state index in [1.165, 1.54) is 0 Å². The molecule has 0 fully saturated rings. The number of nitriles is 1. The predicted octanol–water partition coefficient (Wildman–Crippen LogP) is 1.33. The van der Waals surface area contributed by atoms with Crippen LogP contribution in [-0.2, 0) is 11.3 Å². The highest BCUT2D eigenvalue weighted by Crippen LogP contribution is 2.14. The van der Waals surface area contributed by atoms with E-state index < -0.39 is 5.92 Å². The van der Waals surface area contributed by atoms with E-state index in [9.17, 15) is 4.79 Å². The number of hydrogen-bond acceptors (Lipinski definition) is 3. The normalized spacial score (nSPS) is 11.5. The maximum atomic E-state index is 11.9. The lowest BCUT2D eigenvalue weighted by Gasteiger charge is -2.09. The highest BCUT2D eigenvalue weighted by atomic mass is 16.1. The molecule has 2 N–H and O–H groups in total. The Hall–Kier alpha value is -2.61. The molecule has 0 saturated carbocycles. The van der Waals surface area contributed by atoms with E-state index in [4.69, 9.17) is 5.26 Å². The van der Waals surface area contributed by atoms with Crippen LogP contribution in [0.15, 0.2) is 42.7 Å².